The molecule has 1 amide bonds. The number of hydrogen-bond donors (Lipinski definition) is 3. The Bertz CT molecular complexity index is 792. The smallest absolute Gasteiger partial charge is 0.323 e. The summed E-state index contributed by atoms with van der Waals surface area (Å²) in [7, 11) is 0. The maximum absolute atomic E-state index is 12.1. The van der Waals surface area contributed by atoms with Crippen LogP contribution in [0.4, 0.5) is 17.1 Å². The first-order valence-corrected chi connectivity index (χ1v) is 8.00. The summed E-state index contributed by atoms with van der Waals surface area (Å²) in [6.07, 6.45) is -0.170. The van der Waals surface area contributed by atoms with E-state index < -0.39 is 11.9 Å². The predicted molar refractivity (Wildman–Crippen MR) is 84.3 cm³/mol. The molecule has 4 rings (SSSR count). The summed E-state index contributed by atoms with van der Waals surface area (Å²) in [5.74, 6) is -1.81. The molecule has 1 aromatic heterocycles. The van der Waals surface area contributed by atoms with Crippen LogP contribution in [0.25, 0.3) is 0 Å². The number of nitrogens with zero attached hydrogens (tertiary/aromatic N) is 2. The maximum atomic E-state index is 12.1. The third kappa shape index (κ3) is 2.20. The molecule has 3 N–H and O–H groups in total. The van der Waals surface area contributed by atoms with Gasteiger partial charge in [0.05, 0.1) is 18.0 Å². The van der Waals surface area contributed by atoms with Crippen LogP contribution in [0.1, 0.15) is 29.6 Å². The van der Waals surface area contributed by atoms with E-state index in [1.54, 1.807) is 18.5 Å². The largest absolute Gasteiger partial charge is 0.465 e. The van der Waals surface area contributed by atoms with Gasteiger partial charge < -0.3 is 20.7 Å². The van der Waals surface area contributed by atoms with E-state index in [0.29, 0.717) is 11.3 Å². The standard InChI is InChI=1S/C14H13N5O3S/c1-2-22-14(21)10-6-3-8-9(4-7(6)18-12(10)20)17-11(16-8)13-19-15-5-23-13/h3-5,10-11,16-17H,2H2,1H3,(H,18,20). The summed E-state index contributed by atoms with van der Waals surface area (Å²) in [5, 5.41) is 18.0. The van der Waals surface area contributed by atoms with E-state index in [-0.39, 0.29) is 18.7 Å². The van der Waals surface area contributed by atoms with Gasteiger partial charge in [0.2, 0.25) is 5.91 Å². The minimum atomic E-state index is -0.919. The van der Waals surface area contributed by atoms with Gasteiger partial charge in [-0.15, -0.1) is 21.5 Å². The molecule has 0 saturated heterocycles. The Morgan fingerprint density at radius 3 is 2.78 bits per heavy atom. The molecule has 0 aliphatic carbocycles. The number of amides is 1. The van der Waals surface area contributed by atoms with Crippen LogP contribution < -0.4 is 16.0 Å². The highest BCUT2D eigenvalue weighted by atomic mass is 32.1. The van der Waals surface area contributed by atoms with Crippen LogP contribution in [-0.4, -0.2) is 28.7 Å². The average molecular weight is 331 g/mol. The van der Waals surface area contributed by atoms with Gasteiger partial charge in [0.1, 0.15) is 5.51 Å². The van der Waals surface area contributed by atoms with Crippen LogP contribution in [0.15, 0.2) is 17.6 Å². The van der Waals surface area contributed by atoms with Crippen molar-refractivity contribution in [3.05, 3.63) is 28.2 Å². The molecule has 3 heterocycles. The molecule has 2 atom stereocenters. The molecule has 9 heteroatoms. The number of ether oxygens (including phenoxy) is 1. The zero-order valence-electron chi connectivity index (χ0n) is 12.1. The van der Waals surface area contributed by atoms with Crippen LogP contribution in [-0.2, 0) is 14.3 Å². The summed E-state index contributed by atoms with van der Waals surface area (Å²) >= 11 is 1.44. The number of aromatic nitrogens is 2. The quantitative estimate of drug-likeness (QED) is 0.580. The molecule has 0 bridgehead atoms. The summed E-state index contributed by atoms with van der Waals surface area (Å²) < 4.78 is 5.00. The van der Waals surface area contributed by atoms with Gasteiger partial charge >= 0.3 is 5.97 Å². The number of rotatable bonds is 3. The first-order valence-electron chi connectivity index (χ1n) is 7.12. The van der Waals surface area contributed by atoms with Crippen LogP contribution in [0.5, 0.6) is 0 Å². The van der Waals surface area contributed by atoms with Crippen LogP contribution in [0.3, 0.4) is 0 Å². The normalized spacial score (nSPS) is 21.0. The lowest BCUT2D eigenvalue weighted by atomic mass is 10.00. The van der Waals surface area contributed by atoms with Crippen molar-refractivity contribution in [2.24, 2.45) is 0 Å². The lowest BCUT2D eigenvalue weighted by Gasteiger charge is -2.09. The van der Waals surface area contributed by atoms with Gasteiger partial charge in [0.15, 0.2) is 17.1 Å². The lowest BCUT2D eigenvalue weighted by molar-refractivity contribution is -0.147. The van der Waals surface area contributed by atoms with E-state index in [9.17, 15) is 9.59 Å². The molecule has 0 spiro atoms. The summed E-state index contributed by atoms with van der Waals surface area (Å²) in [5.41, 5.74) is 4.57. The van der Waals surface area contributed by atoms with Crippen molar-refractivity contribution in [1.82, 2.24) is 10.2 Å². The van der Waals surface area contributed by atoms with Crippen LogP contribution in [0, 0.1) is 0 Å². The first-order chi connectivity index (χ1) is 11.2. The van der Waals surface area contributed by atoms with E-state index in [4.69, 9.17) is 4.74 Å². The molecule has 23 heavy (non-hydrogen) atoms. The number of hydrogen-bond acceptors (Lipinski definition) is 8. The number of benzene rings is 1. The predicted octanol–water partition coefficient (Wildman–Crippen LogP) is 1.67. The Balaban J connectivity index is 1.66. The van der Waals surface area contributed by atoms with E-state index in [1.165, 1.54) is 11.3 Å². The number of carbonyl (C=O) groups is 2. The molecule has 0 saturated carbocycles. The SMILES string of the molecule is CCOC(=O)C1C(=O)Nc2cc3c(cc21)NC(c1nncs1)N3. The van der Waals surface area contributed by atoms with Crippen molar-refractivity contribution in [3.63, 3.8) is 0 Å². The zero-order valence-corrected chi connectivity index (χ0v) is 12.9. The zero-order chi connectivity index (χ0) is 16.0. The fraction of sp³-hybridized carbons (Fsp3) is 0.286. The minimum absolute atomic E-state index is 0.170. The number of fused-ring (bicyclic) bond motifs is 2. The van der Waals surface area contributed by atoms with Crippen molar-refractivity contribution < 1.29 is 14.3 Å². The lowest BCUT2D eigenvalue weighted by Crippen LogP contribution is -2.23. The highest BCUT2D eigenvalue weighted by Crippen LogP contribution is 2.44. The number of anilines is 3. The second kappa shape index (κ2) is 5.20. The number of carbonyl (C=O) groups excluding carboxylic acids is 2. The highest BCUT2D eigenvalue weighted by molar-refractivity contribution is 7.09. The Morgan fingerprint density at radius 1 is 1.30 bits per heavy atom. The minimum Gasteiger partial charge on any atom is -0.465 e. The number of nitrogens with one attached hydrogen (secondary N) is 3. The summed E-state index contributed by atoms with van der Waals surface area (Å²) in [6.45, 7) is 1.95. The molecule has 8 nitrogen and oxygen atoms in total. The monoisotopic (exact) mass is 331 g/mol. The maximum Gasteiger partial charge on any atom is 0.323 e. The van der Waals surface area contributed by atoms with Crippen molar-refractivity contribution in [2.75, 3.05) is 22.6 Å². The molecule has 0 radical (unpaired) electrons. The van der Waals surface area contributed by atoms with E-state index in [1.807, 2.05) is 6.07 Å². The topological polar surface area (TPSA) is 105 Å². The summed E-state index contributed by atoms with van der Waals surface area (Å²) in [4.78, 5) is 24.1. The third-order valence-electron chi connectivity index (χ3n) is 3.77. The van der Waals surface area contributed by atoms with Crippen molar-refractivity contribution >= 4 is 40.3 Å². The molecule has 2 aromatic rings. The van der Waals surface area contributed by atoms with Gasteiger partial charge in [-0.2, -0.15) is 0 Å². The van der Waals surface area contributed by atoms with Crippen LogP contribution in [0.2, 0.25) is 0 Å². The van der Waals surface area contributed by atoms with Gasteiger partial charge in [-0.25, -0.2) is 0 Å². The molecule has 2 unspecified atom stereocenters. The first kappa shape index (κ1) is 13.9. The van der Waals surface area contributed by atoms with E-state index in [0.717, 1.165) is 16.4 Å². The van der Waals surface area contributed by atoms with Crippen molar-refractivity contribution in [2.45, 2.75) is 19.0 Å². The molecule has 0 fully saturated rings. The molecule has 2 aliphatic rings. The average Bonchev–Trinajstić information content (AvgIpc) is 3.21. The van der Waals surface area contributed by atoms with Gasteiger partial charge in [0.25, 0.3) is 0 Å². The second-order valence-corrected chi connectivity index (χ2v) is 6.02. The fourth-order valence-corrected chi connectivity index (χ4v) is 3.34. The van der Waals surface area contributed by atoms with Crippen molar-refractivity contribution in [1.29, 1.82) is 0 Å². The molecular weight excluding hydrogens is 318 g/mol. The van der Waals surface area contributed by atoms with Crippen molar-refractivity contribution in [3.8, 4) is 0 Å². The third-order valence-corrected chi connectivity index (χ3v) is 4.53. The Labute approximate surface area is 135 Å². The van der Waals surface area contributed by atoms with E-state index in [2.05, 4.69) is 26.1 Å². The summed E-state index contributed by atoms with van der Waals surface area (Å²) in [6, 6.07) is 3.62. The Morgan fingerprint density at radius 2 is 2.09 bits per heavy atom. The molecule has 2 aliphatic heterocycles. The highest BCUT2D eigenvalue weighted by Gasteiger charge is 2.39. The van der Waals surface area contributed by atoms with E-state index >= 15 is 0 Å². The molecular formula is C14H13N5O3S. The Hall–Kier alpha value is -2.68. The molecule has 118 valence electrons. The second-order valence-electron chi connectivity index (χ2n) is 5.16. The van der Waals surface area contributed by atoms with Gasteiger partial charge in [-0.1, -0.05) is 0 Å². The number of esters is 1. The fourth-order valence-electron chi connectivity index (χ4n) is 2.79. The van der Waals surface area contributed by atoms with Crippen LogP contribution >= 0.6 is 11.3 Å². The molecule has 1 aromatic carbocycles. The Kier molecular flexibility index (Phi) is 3.15. The van der Waals surface area contributed by atoms with Gasteiger partial charge in [0, 0.05) is 11.3 Å². The van der Waals surface area contributed by atoms with Gasteiger partial charge in [-0.3, -0.25) is 9.59 Å². The van der Waals surface area contributed by atoms with Gasteiger partial charge in [-0.05, 0) is 19.1 Å².